The molecule has 4 aromatic rings. The van der Waals surface area contributed by atoms with Gasteiger partial charge in [0.25, 0.3) is 10.0 Å². The van der Waals surface area contributed by atoms with Crippen LogP contribution in [0.1, 0.15) is 48.8 Å². The molecule has 1 aliphatic rings. The number of rotatable bonds is 14. The molecule has 1 saturated carbocycles. The lowest BCUT2D eigenvalue weighted by atomic mass is 9.94. The summed E-state index contributed by atoms with van der Waals surface area (Å²) >= 11 is 12.9. The molecule has 12 heteroatoms. The third kappa shape index (κ3) is 9.55. The summed E-state index contributed by atoms with van der Waals surface area (Å²) < 4.78 is 41.1. The molecule has 0 saturated heterocycles. The lowest BCUT2D eigenvalue weighted by Crippen LogP contribution is -2.55. The largest absolute Gasteiger partial charge is 0.497 e. The Labute approximate surface area is 310 Å². The third-order valence-corrected chi connectivity index (χ3v) is 11.5. The highest BCUT2D eigenvalue weighted by Gasteiger charge is 2.36. The molecule has 0 unspecified atom stereocenters. The van der Waals surface area contributed by atoms with Crippen molar-refractivity contribution in [3.8, 4) is 11.5 Å². The molecule has 1 fully saturated rings. The summed E-state index contributed by atoms with van der Waals surface area (Å²) in [6.45, 7) is 1.11. The average molecular weight is 753 g/mol. The van der Waals surface area contributed by atoms with E-state index in [1.54, 1.807) is 42.5 Å². The number of halogens is 2. The second-order valence-corrected chi connectivity index (χ2v) is 15.4. The second kappa shape index (κ2) is 17.3. The molecule has 1 N–H and O–H groups in total. The molecule has 9 nitrogen and oxygen atoms in total. The van der Waals surface area contributed by atoms with E-state index in [9.17, 15) is 18.0 Å². The van der Waals surface area contributed by atoms with Gasteiger partial charge in [0.15, 0.2) is 0 Å². The van der Waals surface area contributed by atoms with Crippen molar-refractivity contribution < 1.29 is 27.5 Å². The number of methoxy groups -OCH3 is 2. The van der Waals surface area contributed by atoms with Gasteiger partial charge in [-0.05, 0) is 67.3 Å². The van der Waals surface area contributed by atoms with Gasteiger partial charge in [-0.1, -0.05) is 96.6 Å². The summed E-state index contributed by atoms with van der Waals surface area (Å²) in [5.41, 5.74) is 2.35. The highest BCUT2D eigenvalue weighted by molar-refractivity contribution is 7.92. The Morgan fingerprint density at radius 3 is 2.24 bits per heavy atom. The van der Waals surface area contributed by atoms with Crippen LogP contribution in [-0.4, -0.2) is 58.0 Å². The quantitative estimate of drug-likeness (QED) is 0.142. The highest BCUT2D eigenvalue weighted by Crippen LogP contribution is 2.36. The molecule has 2 amide bonds. The van der Waals surface area contributed by atoms with Crippen molar-refractivity contribution in [1.82, 2.24) is 10.2 Å². The zero-order valence-corrected chi connectivity index (χ0v) is 31.3. The number of carbonyl (C=O) groups excluding carboxylic acids is 2. The van der Waals surface area contributed by atoms with Crippen LogP contribution in [0.15, 0.2) is 95.9 Å². The first-order chi connectivity index (χ1) is 24.5. The van der Waals surface area contributed by atoms with Crippen molar-refractivity contribution in [3.05, 3.63) is 118 Å². The van der Waals surface area contributed by atoms with Crippen LogP contribution in [0.4, 0.5) is 5.69 Å². The van der Waals surface area contributed by atoms with E-state index in [1.165, 1.54) is 37.3 Å². The summed E-state index contributed by atoms with van der Waals surface area (Å²) in [6, 6.07) is 24.4. The summed E-state index contributed by atoms with van der Waals surface area (Å²) in [4.78, 5) is 30.7. The zero-order valence-electron chi connectivity index (χ0n) is 29.0. The molecule has 1 aliphatic carbocycles. The molecule has 0 heterocycles. The van der Waals surface area contributed by atoms with Gasteiger partial charge in [0.05, 0.1) is 24.8 Å². The molecule has 5 rings (SSSR count). The Morgan fingerprint density at radius 2 is 1.59 bits per heavy atom. The predicted molar refractivity (Wildman–Crippen MR) is 201 cm³/mol. The van der Waals surface area contributed by atoms with Crippen LogP contribution in [0.2, 0.25) is 10.0 Å². The number of aryl methyl sites for hydroxylation is 1. The van der Waals surface area contributed by atoms with Crippen LogP contribution < -0.4 is 19.1 Å². The molecule has 1 atom stereocenters. The number of carbonyl (C=O) groups is 2. The van der Waals surface area contributed by atoms with Gasteiger partial charge in [-0.2, -0.15) is 0 Å². The summed E-state index contributed by atoms with van der Waals surface area (Å²) in [7, 11) is -1.48. The number of sulfonamides is 1. The fraction of sp³-hybridized carbons (Fsp3) is 0.333. The van der Waals surface area contributed by atoms with Crippen molar-refractivity contribution in [2.75, 3.05) is 25.1 Å². The average Bonchev–Trinajstić information content (AvgIpc) is 3.13. The van der Waals surface area contributed by atoms with Gasteiger partial charge >= 0.3 is 0 Å². The number of hydrogen-bond acceptors (Lipinski definition) is 6. The molecule has 0 aliphatic heterocycles. The van der Waals surface area contributed by atoms with Crippen LogP contribution in [0.3, 0.4) is 0 Å². The highest BCUT2D eigenvalue weighted by atomic mass is 35.5. The Hall–Kier alpha value is -4.25. The molecule has 0 spiro atoms. The molecule has 51 heavy (non-hydrogen) atoms. The normalized spacial score (nSPS) is 14.0. The summed E-state index contributed by atoms with van der Waals surface area (Å²) in [5, 5.41) is 3.93. The van der Waals surface area contributed by atoms with Gasteiger partial charge in [0, 0.05) is 35.1 Å². The van der Waals surface area contributed by atoms with Gasteiger partial charge in [0.2, 0.25) is 11.8 Å². The number of anilines is 1. The van der Waals surface area contributed by atoms with E-state index >= 15 is 0 Å². The van der Waals surface area contributed by atoms with Crippen molar-refractivity contribution in [2.45, 2.75) is 69.0 Å². The molecule has 270 valence electrons. The number of nitrogens with one attached hydrogen (secondary N) is 1. The Bertz CT molecular complexity index is 1920. The van der Waals surface area contributed by atoms with Gasteiger partial charge in [-0.25, -0.2) is 8.42 Å². The van der Waals surface area contributed by atoms with Gasteiger partial charge in [-0.3, -0.25) is 13.9 Å². The second-order valence-electron chi connectivity index (χ2n) is 12.7. The van der Waals surface area contributed by atoms with E-state index in [2.05, 4.69) is 5.32 Å². The van der Waals surface area contributed by atoms with Crippen LogP contribution in [-0.2, 0) is 32.6 Å². The number of ether oxygens (including phenoxy) is 2. The Kier molecular flexibility index (Phi) is 12.9. The Balaban J connectivity index is 1.63. The third-order valence-electron chi connectivity index (χ3n) is 9.12. The van der Waals surface area contributed by atoms with Crippen LogP contribution >= 0.6 is 23.2 Å². The topological polar surface area (TPSA) is 105 Å². The van der Waals surface area contributed by atoms with E-state index in [0.29, 0.717) is 21.4 Å². The molecule has 0 bridgehead atoms. The predicted octanol–water partition coefficient (Wildman–Crippen LogP) is 7.60. The number of nitrogens with zero attached hydrogens (tertiary/aromatic N) is 2. The Morgan fingerprint density at radius 1 is 0.882 bits per heavy atom. The standard InChI is InChI=1S/C39H43Cl2N3O6S/c1-27-14-19-33(20-15-27)51(47,48)44(35-24-32(49-2)18-21-37(35)50-3)26-38(45)43(25-29-16-17-30(40)23-34(29)41)36(22-28-10-6-4-7-11-28)39(46)42-31-12-8-5-9-13-31/h4,6-7,10-11,14-21,23-24,31,36H,5,8-9,12-13,22,25-26H2,1-3H3,(H,42,46)/t36-/m1/s1. The number of hydrogen-bond donors (Lipinski definition) is 1. The van der Waals surface area contributed by atoms with Crippen molar-refractivity contribution in [2.24, 2.45) is 0 Å². The van der Waals surface area contributed by atoms with Crippen molar-refractivity contribution >= 4 is 50.7 Å². The maximum Gasteiger partial charge on any atom is 0.264 e. The van der Waals surface area contributed by atoms with E-state index in [1.807, 2.05) is 37.3 Å². The maximum atomic E-state index is 14.9. The van der Waals surface area contributed by atoms with E-state index in [-0.39, 0.29) is 41.2 Å². The minimum Gasteiger partial charge on any atom is -0.497 e. The van der Waals surface area contributed by atoms with Gasteiger partial charge < -0.3 is 19.7 Å². The van der Waals surface area contributed by atoms with E-state index in [0.717, 1.165) is 47.5 Å². The minimum absolute atomic E-state index is 0.0195. The maximum absolute atomic E-state index is 14.9. The van der Waals surface area contributed by atoms with Crippen LogP contribution in [0.25, 0.3) is 0 Å². The summed E-state index contributed by atoms with van der Waals surface area (Å²) in [6.07, 6.45) is 5.00. The SMILES string of the molecule is COc1ccc(OC)c(N(CC(=O)N(Cc2ccc(Cl)cc2Cl)[C@H](Cc2ccccc2)C(=O)NC2CCCCC2)S(=O)(=O)c2ccc(C)cc2)c1. The lowest BCUT2D eigenvalue weighted by Gasteiger charge is -2.35. The first kappa shape index (κ1) is 38.0. The van der Waals surface area contributed by atoms with E-state index < -0.39 is 28.5 Å². The molecule has 4 aromatic carbocycles. The first-order valence-electron chi connectivity index (χ1n) is 16.9. The smallest absolute Gasteiger partial charge is 0.264 e. The summed E-state index contributed by atoms with van der Waals surface area (Å²) in [5.74, 6) is -0.374. The van der Waals surface area contributed by atoms with Crippen LogP contribution in [0.5, 0.6) is 11.5 Å². The van der Waals surface area contributed by atoms with E-state index in [4.69, 9.17) is 32.7 Å². The zero-order chi connectivity index (χ0) is 36.5. The first-order valence-corrected chi connectivity index (χ1v) is 19.1. The van der Waals surface area contributed by atoms with Gasteiger partial charge in [0.1, 0.15) is 24.1 Å². The molecule has 0 radical (unpaired) electrons. The molecular weight excluding hydrogens is 709 g/mol. The monoisotopic (exact) mass is 751 g/mol. The molecular formula is C39H43Cl2N3O6S. The fourth-order valence-electron chi connectivity index (χ4n) is 6.27. The van der Waals surface area contributed by atoms with Crippen LogP contribution in [0, 0.1) is 6.92 Å². The fourth-order valence-corrected chi connectivity index (χ4v) is 8.16. The van der Waals surface area contributed by atoms with Crippen molar-refractivity contribution in [3.63, 3.8) is 0 Å². The van der Waals surface area contributed by atoms with Gasteiger partial charge in [-0.15, -0.1) is 0 Å². The minimum atomic E-state index is -4.36. The van der Waals surface area contributed by atoms with Crippen molar-refractivity contribution in [1.29, 1.82) is 0 Å². The molecule has 0 aromatic heterocycles. The number of benzene rings is 4. The number of amides is 2. The lowest BCUT2D eigenvalue weighted by molar-refractivity contribution is -0.140.